The number of amides is 1. The summed E-state index contributed by atoms with van der Waals surface area (Å²) in [7, 11) is 3.68. The summed E-state index contributed by atoms with van der Waals surface area (Å²) in [4.78, 5) is 22.7. The van der Waals surface area contributed by atoms with Crippen LogP contribution in [-0.4, -0.2) is 30.1 Å². The van der Waals surface area contributed by atoms with Crippen molar-refractivity contribution in [2.75, 3.05) is 19.0 Å². The number of hydrogen-bond acceptors (Lipinski definition) is 5. The van der Waals surface area contributed by atoms with Crippen molar-refractivity contribution in [1.29, 1.82) is 0 Å². The predicted molar refractivity (Wildman–Crippen MR) is 112 cm³/mol. The quantitative estimate of drug-likeness (QED) is 0.561. The van der Waals surface area contributed by atoms with E-state index in [0.717, 1.165) is 21.3 Å². The number of benzene rings is 2. The SMILES string of the molecule is CN1C(=O)C(=C2Sc3ccc(Cl)cc3N2C)SC1=Nc1ccc(Cl)cc1. The smallest absolute Gasteiger partial charge is 0.269 e. The molecule has 0 aromatic heterocycles. The number of carbonyl (C=O) groups is 1. The number of rotatable bonds is 1. The van der Waals surface area contributed by atoms with Crippen LogP contribution in [0.15, 0.2) is 62.3 Å². The van der Waals surface area contributed by atoms with E-state index in [2.05, 4.69) is 4.99 Å². The van der Waals surface area contributed by atoms with Crippen LogP contribution in [-0.2, 0) is 4.79 Å². The molecule has 0 radical (unpaired) electrons. The fourth-order valence-corrected chi connectivity index (χ4v) is 5.23. The van der Waals surface area contributed by atoms with Gasteiger partial charge in [0.15, 0.2) is 5.17 Å². The Labute approximate surface area is 169 Å². The van der Waals surface area contributed by atoms with Gasteiger partial charge in [0.2, 0.25) is 0 Å². The Morgan fingerprint density at radius 3 is 2.35 bits per heavy atom. The van der Waals surface area contributed by atoms with E-state index >= 15 is 0 Å². The van der Waals surface area contributed by atoms with E-state index in [1.54, 1.807) is 35.8 Å². The molecule has 2 heterocycles. The van der Waals surface area contributed by atoms with Crippen LogP contribution in [0, 0.1) is 0 Å². The largest absolute Gasteiger partial charge is 0.337 e. The summed E-state index contributed by atoms with van der Waals surface area (Å²) in [6.45, 7) is 0. The zero-order valence-corrected chi connectivity index (χ0v) is 17.0. The topological polar surface area (TPSA) is 35.9 Å². The van der Waals surface area contributed by atoms with Gasteiger partial charge < -0.3 is 4.90 Å². The Morgan fingerprint density at radius 2 is 1.62 bits per heavy atom. The second kappa shape index (κ2) is 6.85. The number of hydrogen-bond donors (Lipinski definition) is 0. The van der Waals surface area contributed by atoms with E-state index in [-0.39, 0.29) is 5.91 Å². The molecule has 2 aromatic rings. The van der Waals surface area contributed by atoms with Crippen molar-refractivity contribution in [2.24, 2.45) is 4.99 Å². The average molecular weight is 422 g/mol. The summed E-state index contributed by atoms with van der Waals surface area (Å²) < 4.78 is 0. The molecule has 1 fully saturated rings. The third-order valence-corrected chi connectivity index (χ3v) is 6.99. The Hall–Kier alpha value is -1.60. The monoisotopic (exact) mass is 421 g/mol. The molecule has 2 aliphatic rings. The van der Waals surface area contributed by atoms with E-state index in [4.69, 9.17) is 23.2 Å². The molecule has 132 valence electrons. The zero-order valence-electron chi connectivity index (χ0n) is 13.9. The van der Waals surface area contributed by atoms with Crippen LogP contribution >= 0.6 is 46.7 Å². The number of amidine groups is 1. The molecule has 0 bridgehead atoms. The van der Waals surface area contributed by atoms with Gasteiger partial charge in [-0.1, -0.05) is 35.0 Å². The molecular formula is C18H13Cl2N3OS2. The first kappa shape index (κ1) is 17.8. The number of nitrogens with zero attached hydrogens (tertiary/aromatic N) is 3. The van der Waals surface area contributed by atoms with Crippen molar-refractivity contribution in [2.45, 2.75) is 4.90 Å². The number of halogens is 2. The minimum atomic E-state index is -0.0593. The molecule has 2 aliphatic heterocycles. The molecule has 0 saturated carbocycles. The second-order valence-electron chi connectivity index (χ2n) is 5.74. The van der Waals surface area contributed by atoms with E-state index in [1.165, 1.54) is 11.8 Å². The molecule has 0 aliphatic carbocycles. The number of anilines is 1. The molecular weight excluding hydrogens is 409 g/mol. The van der Waals surface area contributed by atoms with E-state index in [1.807, 2.05) is 42.3 Å². The minimum absolute atomic E-state index is 0.0593. The highest BCUT2D eigenvalue weighted by atomic mass is 35.5. The summed E-state index contributed by atoms with van der Waals surface area (Å²) >= 11 is 15.0. The van der Waals surface area contributed by atoms with Crippen molar-refractivity contribution in [3.8, 4) is 0 Å². The van der Waals surface area contributed by atoms with Gasteiger partial charge >= 0.3 is 0 Å². The van der Waals surface area contributed by atoms with Gasteiger partial charge in [0.05, 0.1) is 16.4 Å². The number of likely N-dealkylation sites (N-methyl/N-ethyl adjacent to an activating group) is 1. The van der Waals surface area contributed by atoms with Crippen LogP contribution in [0.3, 0.4) is 0 Å². The lowest BCUT2D eigenvalue weighted by Crippen LogP contribution is -2.24. The fourth-order valence-electron chi connectivity index (χ4n) is 2.62. The highest BCUT2D eigenvalue weighted by Crippen LogP contribution is 2.50. The van der Waals surface area contributed by atoms with Gasteiger partial charge in [-0.15, -0.1) is 0 Å². The molecule has 0 N–H and O–H groups in total. The van der Waals surface area contributed by atoms with Crippen LogP contribution in [0.2, 0.25) is 10.0 Å². The minimum Gasteiger partial charge on any atom is -0.337 e. The number of thioether (sulfide) groups is 2. The molecule has 0 atom stereocenters. The highest BCUT2D eigenvalue weighted by molar-refractivity contribution is 8.19. The van der Waals surface area contributed by atoms with Gasteiger partial charge in [0.1, 0.15) is 4.91 Å². The van der Waals surface area contributed by atoms with Gasteiger partial charge in [0.25, 0.3) is 5.91 Å². The number of aliphatic imine (C=N–C) groups is 1. The van der Waals surface area contributed by atoms with Crippen molar-refractivity contribution >= 4 is 69.2 Å². The highest BCUT2D eigenvalue weighted by Gasteiger charge is 2.37. The fraction of sp³-hybridized carbons (Fsp3) is 0.111. The third kappa shape index (κ3) is 3.11. The second-order valence-corrected chi connectivity index (χ2v) is 8.63. The van der Waals surface area contributed by atoms with Gasteiger partial charge in [-0.3, -0.25) is 9.69 Å². The molecule has 1 saturated heterocycles. The summed E-state index contributed by atoms with van der Waals surface area (Å²) in [6, 6.07) is 13.0. The molecule has 0 spiro atoms. The number of carbonyl (C=O) groups excluding carboxylic acids is 1. The van der Waals surface area contributed by atoms with E-state index < -0.39 is 0 Å². The van der Waals surface area contributed by atoms with E-state index in [9.17, 15) is 4.79 Å². The molecule has 1 amide bonds. The zero-order chi connectivity index (χ0) is 18.4. The maximum Gasteiger partial charge on any atom is 0.269 e. The first-order chi connectivity index (χ1) is 12.4. The molecule has 8 heteroatoms. The van der Waals surface area contributed by atoms with Crippen LogP contribution in [0.1, 0.15) is 0 Å². The third-order valence-electron chi connectivity index (χ3n) is 4.02. The Balaban J connectivity index is 1.69. The molecule has 4 nitrogen and oxygen atoms in total. The lowest BCUT2D eigenvalue weighted by Gasteiger charge is -2.14. The Kier molecular flexibility index (Phi) is 4.69. The van der Waals surface area contributed by atoms with Crippen LogP contribution in [0.4, 0.5) is 11.4 Å². The van der Waals surface area contributed by atoms with Crippen molar-refractivity contribution < 1.29 is 4.79 Å². The number of fused-ring (bicyclic) bond motifs is 1. The first-order valence-corrected chi connectivity index (χ1v) is 10.1. The van der Waals surface area contributed by atoms with Crippen molar-refractivity contribution in [1.82, 2.24) is 4.90 Å². The molecule has 4 rings (SSSR count). The lowest BCUT2D eigenvalue weighted by molar-refractivity contribution is -0.121. The summed E-state index contributed by atoms with van der Waals surface area (Å²) in [5.41, 5.74) is 1.76. The van der Waals surface area contributed by atoms with Gasteiger partial charge in [-0.05, 0) is 54.2 Å². The predicted octanol–water partition coefficient (Wildman–Crippen LogP) is 5.60. The van der Waals surface area contributed by atoms with Crippen LogP contribution in [0.5, 0.6) is 0 Å². The lowest BCUT2D eigenvalue weighted by atomic mass is 10.3. The first-order valence-electron chi connectivity index (χ1n) is 7.69. The average Bonchev–Trinajstić information content (AvgIpc) is 3.08. The van der Waals surface area contributed by atoms with Gasteiger partial charge in [-0.25, -0.2) is 4.99 Å². The van der Waals surface area contributed by atoms with Crippen molar-refractivity contribution in [3.05, 3.63) is 62.4 Å². The Bertz CT molecular complexity index is 973. The molecule has 0 unspecified atom stereocenters. The maximum absolute atomic E-state index is 12.8. The van der Waals surface area contributed by atoms with Gasteiger partial charge in [-0.2, -0.15) is 0 Å². The van der Waals surface area contributed by atoms with Crippen LogP contribution < -0.4 is 4.90 Å². The van der Waals surface area contributed by atoms with Gasteiger partial charge in [0, 0.05) is 29.0 Å². The normalized spacial score (nSPS) is 21.1. The summed E-state index contributed by atoms with van der Waals surface area (Å²) in [5.74, 6) is -0.0593. The van der Waals surface area contributed by atoms with E-state index in [0.29, 0.717) is 20.1 Å². The maximum atomic E-state index is 12.8. The Morgan fingerprint density at radius 1 is 0.923 bits per heavy atom. The molecule has 2 aromatic carbocycles. The molecule has 26 heavy (non-hydrogen) atoms. The standard InChI is InChI=1S/C18H13Cl2N3OS2/c1-22-13-9-11(20)5-8-14(13)25-17(22)15-16(24)23(2)18(26-15)21-12-6-3-10(19)4-7-12/h3-9H,1-2H3. The summed E-state index contributed by atoms with van der Waals surface area (Å²) in [6.07, 6.45) is 0. The van der Waals surface area contributed by atoms with Crippen molar-refractivity contribution in [3.63, 3.8) is 0 Å². The summed E-state index contributed by atoms with van der Waals surface area (Å²) in [5, 5.41) is 2.86. The van der Waals surface area contributed by atoms with Crippen LogP contribution in [0.25, 0.3) is 0 Å².